The maximum atomic E-state index is 13.9. The number of likely N-dealkylation sites (tertiary alicyclic amines) is 1. The van der Waals surface area contributed by atoms with Crippen LogP contribution in [0.3, 0.4) is 0 Å². The third kappa shape index (κ3) is 2.21. The summed E-state index contributed by atoms with van der Waals surface area (Å²) in [5, 5.41) is 31.4. The minimum Gasteiger partial charge on any atom is -0.389 e. The summed E-state index contributed by atoms with van der Waals surface area (Å²) in [6, 6.07) is -0.786. The molecule has 0 amide bonds. The molecule has 94 valence electrons. The van der Waals surface area contributed by atoms with Crippen LogP contribution >= 0.6 is 0 Å². The summed E-state index contributed by atoms with van der Waals surface area (Å²) in [4.78, 5) is 1.57. The second kappa shape index (κ2) is 4.93. The number of nitrogens with zero attached hydrogens (tertiary/aromatic N) is 1. The lowest BCUT2D eigenvalue weighted by atomic mass is 10.0. The molecule has 2 saturated heterocycles. The van der Waals surface area contributed by atoms with Gasteiger partial charge >= 0.3 is 0 Å². The number of nitrogens with one attached hydrogen (secondary N) is 1. The van der Waals surface area contributed by atoms with Crippen LogP contribution in [-0.2, 0) is 0 Å². The Labute approximate surface area is 93.9 Å². The van der Waals surface area contributed by atoms with Crippen molar-refractivity contribution in [2.45, 2.75) is 43.5 Å². The van der Waals surface area contributed by atoms with Crippen molar-refractivity contribution in [1.29, 1.82) is 0 Å². The van der Waals surface area contributed by atoms with Gasteiger partial charge in [0.1, 0.15) is 6.10 Å². The Morgan fingerprint density at radius 2 is 1.88 bits per heavy atom. The van der Waals surface area contributed by atoms with Crippen molar-refractivity contribution in [1.82, 2.24) is 10.2 Å². The first kappa shape index (κ1) is 12.2. The van der Waals surface area contributed by atoms with Gasteiger partial charge in [-0.2, -0.15) is 0 Å². The number of β-amino-alcohol motifs (C(OH)–C–C–N with tert-alkyl or cyclic N) is 1. The Hall–Kier alpha value is -0.270. The number of hydrogen-bond donors (Lipinski definition) is 4. The number of hydrogen-bond acceptors (Lipinski definition) is 5. The third-order valence-electron chi connectivity index (χ3n) is 3.46. The zero-order valence-electron chi connectivity index (χ0n) is 9.09. The predicted octanol–water partition coefficient (Wildman–Crippen LogP) is -1.57. The molecule has 2 fully saturated rings. The van der Waals surface area contributed by atoms with Gasteiger partial charge in [0.25, 0.3) is 0 Å². The number of aliphatic hydroxyl groups is 3. The first-order valence-corrected chi connectivity index (χ1v) is 5.77. The number of halogens is 1. The molecular formula is C10H19FN2O3. The highest BCUT2D eigenvalue weighted by Gasteiger charge is 2.42. The molecule has 0 aromatic rings. The maximum Gasteiger partial charge on any atom is 0.181 e. The molecule has 0 saturated carbocycles. The Balaban J connectivity index is 1.93. The molecule has 0 aliphatic carbocycles. The van der Waals surface area contributed by atoms with Gasteiger partial charge in [0.2, 0.25) is 0 Å². The Morgan fingerprint density at radius 1 is 1.25 bits per heavy atom. The molecular weight excluding hydrogens is 215 g/mol. The smallest absolute Gasteiger partial charge is 0.181 e. The molecule has 0 spiro atoms. The second-order valence-corrected chi connectivity index (χ2v) is 4.60. The largest absolute Gasteiger partial charge is 0.389 e. The fraction of sp³-hybridized carbons (Fsp3) is 1.00. The predicted molar refractivity (Wildman–Crippen MR) is 55.5 cm³/mol. The Kier molecular flexibility index (Phi) is 3.76. The van der Waals surface area contributed by atoms with Crippen LogP contribution in [0.1, 0.15) is 12.8 Å². The lowest BCUT2D eigenvalue weighted by molar-refractivity contribution is -0.0632. The molecule has 5 atom stereocenters. The Morgan fingerprint density at radius 3 is 2.38 bits per heavy atom. The lowest BCUT2D eigenvalue weighted by Crippen LogP contribution is -2.52. The van der Waals surface area contributed by atoms with Crippen molar-refractivity contribution in [3.8, 4) is 0 Å². The van der Waals surface area contributed by atoms with Gasteiger partial charge in [-0.25, -0.2) is 4.39 Å². The van der Waals surface area contributed by atoms with Gasteiger partial charge < -0.3 is 20.6 Å². The number of aliphatic hydroxyl groups excluding tert-OH is 3. The molecule has 16 heavy (non-hydrogen) atoms. The quantitative estimate of drug-likeness (QED) is 0.444. The fourth-order valence-corrected chi connectivity index (χ4v) is 2.44. The molecule has 2 aliphatic heterocycles. The molecule has 2 heterocycles. The van der Waals surface area contributed by atoms with Crippen LogP contribution in [0.4, 0.5) is 4.39 Å². The normalized spacial score (nSPS) is 40.1. The van der Waals surface area contributed by atoms with Gasteiger partial charge in [-0.15, -0.1) is 0 Å². The summed E-state index contributed by atoms with van der Waals surface area (Å²) in [5.41, 5.74) is 0. The molecule has 0 aromatic heterocycles. The Bertz CT molecular complexity index is 238. The van der Waals surface area contributed by atoms with Gasteiger partial charge in [0.05, 0.1) is 18.2 Å². The van der Waals surface area contributed by atoms with E-state index in [1.807, 2.05) is 0 Å². The SMILES string of the molecule is OC([C@H]1NC[C@@H](O)[C@H]1O)[C@H](F)N1CCCC1. The van der Waals surface area contributed by atoms with E-state index < -0.39 is 30.6 Å². The zero-order valence-corrected chi connectivity index (χ0v) is 9.09. The molecule has 5 nitrogen and oxygen atoms in total. The minimum atomic E-state index is -1.47. The van der Waals surface area contributed by atoms with E-state index in [1.54, 1.807) is 4.90 Å². The molecule has 2 aliphatic rings. The van der Waals surface area contributed by atoms with E-state index in [1.165, 1.54) is 0 Å². The van der Waals surface area contributed by atoms with Crippen molar-refractivity contribution in [3.63, 3.8) is 0 Å². The lowest BCUT2D eigenvalue weighted by Gasteiger charge is -2.30. The van der Waals surface area contributed by atoms with Gasteiger partial charge in [-0.05, 0) is 12.8 Å². The van der Waals surface area contributed by atoms with Gasteiger partial charge in [-0.1, -0.05) is 0 Å². The van der Waals surface area contributed by atoms with E-state index in [-0.39, 0.29) is 6.54 Å². The van der Waals surface area contributed by atoms with Crippen molar-refractivity contribution >= 4 is 0 Å². The van der Waals surface area contributed by atoms with Crippen LogP contribution in [0.15, 0.2) is 0 Å². The van der Waals surface area contributed by atoms with E-state index in [9.17, 15) is 19.7 Å². The van der Waals surface area contributed by atoms with E-state index in [2.05, 4.69) is 5.32 Å². The van der Waals surface area contributed by atoms with E-state index in [0.29, 0.717) is 13.1 Å². The average Bonchev–Trinajstić information content (AvgIpc) is 2.89. The summed E-state index contributed by atoms with van der Waals surface area (Å²) in [6.07, 6.45) is -2.92. The van der Waals surface area contributed by atoms with Gasteiger partial charge in [0.15, 0.2) is 6.30 Å². The highest BCUT2D eigenvalue weighted by Crippen LogP contribution is 2.21. The summed E-state index contributed by atoms with van der Waals surface area (Å²) < 4.78 is 13.9. The van der Waals surface area contributed by atoms with Crippen LogP contribution in [0.2, 0.25) is 0 Å². The second-order valence-electron chi connectivity index (χ2n) is 4.60. The highest BCUT2D eigenvalue weighted by molar-refractivity contribution is 4.97. The van der Waals surface area contributed by atoms with Gasteiger partial charge in [0, 0.05) is 19.6 Å². The summed E-state index contributed by atoms with van der Waals surface area (Å²) in [5.74, 6) is 0. The monoisotopic (exact) mass is 234 g/mol. The van der Waals surface area contributed by atoms with Crippen molar-refractivity contribution < 1.29 is 19.7 Å². The summed E-state index contributed by atoms with van der Waals surface area (Å²) >= 11 is 0. The molecule has 4 N–H and O–H groups in total. The van der Waals surface area contributed by atoms with Gasteiger partial charge in [-0.3, -0.25) is 4.90 Å². The van der Waals surface area contributed by atoms with Crippen LogP contribution in [0, 0.1) is 0 Å². The number of rotatable bonds is 3. The van der Waals surface area contributed by atoms with Crippen LogP contribution in [0.25, 0.3) is 0 Å². The van der Waals surface area contributed by atoms with E-state index >= 15 is 0 Å². The standard InChI is InChI=1S/C10H19FN2O3/c11-10(13-3-1-2-4-13)9(16)7-8(15)6(14)5-12-7/h6-10,12,14-16H,1-5H2/t6-,7+,8-,9?,10-/m1/s1. The molecule has 2 rings (SSSR count). The summed E-state index contributed by atoms with van der Waals surface area (Å²) in [6.45, 7) is 1.48. The van der Waals surface area contributed by atoms with E-state index in [4.69, 9.17) is 0 Å². The molecule has 0 bridgehead atoms. The number of alkyl halides is 1. The van der Waals surface area contributed by atoms with E-state index in [0.717, 1.165) is 12.8 Å². The average molecular weight is 234 g/mol. The molecule has 6 heteroatoms. The molecule has 1 unspecified atom stereocenters. The first-order valence-electron chi connectivity index (χ1n) is 5.77. The van der Waals surface area contributed by atoms with Crippen molar-refractivity contribution in [3.05, 3.63) is 0 Å². The van der Waals surface area contributed by atoms with Crippen LogP contribution < -0.4 is 5.32 Å². The first-order chi connectivity index (χ1) is 7.61. The van der Waals surface area contributed by atoms with Crippen molar-refractivity contribution in [2.24, 2.45) is 0 Å². The fourth-order valence-electron chi connectivity index (χ4n) is 2.44. The van der Waals surface area contributed by atoms with Crippen molar-refractivity contribution in [2.75, 3.05) is 19.6 Å². The minimum absolute atomic E-state index is 0.190. The topological polar surface area (TPSA) is 76.0 Å². The molecule has 0 radical (unpaired) electrons. The summed E-state index contributed by atoms with van der Waals surface area (Å²) in [7, 11) is 0. The molecule has 0 aromatic carbocycles. The van der Waals surface area contributed by atoms with Crippen LogP contribution in [-0.4, -0.2) is 70.5 Å². The zero-order chi connectivity index (χ0) is 11.7. The van der Waals surface area contributed by atoms with Crippen LogP contribution in [0.5, 0.6) is 0 Å². The highest BCUT2D eigenvalue weighted by atomic mass is 19.1. The maximum absolute atomic E-state index is 13.9. The third-order valence-corrected chi connectivity index (χ3v) is 3.46.